The van der Waals surface area contributed by atoms with E-state index in [-0.39, 0.29) is 23.8 Å². The number of carbonyl (C=O) groups excluding carboxylic acids is 1. The predicted octanol–water partition coefficient (Wildman–Crippen LogP) is 1.58. The van der Waals surface area contributed by atoms with E-state index in [1.54, 1.807) is 29.2 Å². The van der Waals surface area contributed by atoms with Crippen LogP contribution in [-0.4, -0.2) is 63.4 Å². The molecule has 2 rings (SSSR count). The van der Waals surface area contributed by atoms with Crippen molar-refractivity contribution in [1.29, 1.82) is 0 Å². The molecule has 26 heavy (non-hydrogen) atoms. The lowest BCUT2D eigenvalue weighted by Crippen LogP contribution is -2.46. The van der Waals surface area contributed by atoms with E-state index in [1.807, 2.05) is 20.8 Å². The van der Waals surface area contributed by atoms with Crippen LogP contribution in [0.15, 0.2) is 24.3 Å². The van der Waals surface area contributed by atoms with Crippen molar-refractivity contribution in [2.45, 2.75) is 26.8 Å². The third-order valence-corrected chi connectivity index (χ3v) is 6.26. The van der Waals surface area contributed by atoms with Crippen LogP contribution in [0.3, 0.4) is 0 Å². The second kappa shape index (κ2) is 8.37. The van der Waals surface area contributed by atoms with Crippen molar-refractivity contribution >= 4 is 16.1 Å². The molecular formula is C18H29N3O4S. The highest BCUT2D eigenvalue weighted by Gasteiger charge is 2.39. The molecular weight excluding hydrogens is 354 g/mol. The first-order chi connectivity index (χ1) is 12.2. The Hall–Kier alpha value is -1.64. The van der Waals surface area contributed by atoms with Gasteiger partial charge in [-0.15, -0.1) is 0 Å². The number of nitrogens with one attached hydrogen (secondary N) is 1. The molecule has 1 N–H and O–H groups in total. The van der Waals surface area contributed by atoms with E-state index in [0.717, 1.165) is 10.1 Å². The maximum atomic E-state index is 12.8. The Bertz CT molecular complexity index is 716. The second-order valence-electron chi connectivity index (χ2n) is 7.09. The monoisotopic (exact) mass is 383 g/mol. The van der Waals surface area contributed by atoms with Crippen LogP contribution in [0.2, 0.25) is 0 Å². The van der Waals surface area contributed by atoms with Crippen LogP contribution in [0.25, 0.3) is 0 Å². The van der Waals surface area contributed by atoms with Crippen LogP contribution in [-0.2, 0) is 10.2 Å². The molecule has 1 aromatic rings. The lowest BCUT2D eigenvalue weighted by Gasteiger charge is -2.24. The smallest absolute Gasteiger partial charge is 0.279 e. The largest absolute Gasteiger partial charge is 0.494 e. The molecule has 1 aliphatic heterocycles. The summed E-state index contributed by atoms with van der Waals surface area (Å²) in [6, 6.07) is 6.75. The average molecular weight is 384 g/mol. The molecule has 0 saturated carbocycles. The number of likely N-dealkylation sites (tertiary alicyclic amines) is 1. The highest BCUT2D eigenvalue weighted by atomic mass is 32.2. The van der Waals surface area contributed by atoms with Crippen molar-refractivity contribution < 1.29 is 17.9 Å². The van der Waals surface area contributed by atoms with Gasteiger partial charge in [-0.25, -0.2) is 0 Å². The molecule has 146 valence electrons. The van der Waals surface area contributed by atoms with Crippen LogP contribution in [0.1, 0.15) is 31.1 Å². The molecule has 0 aromatic heterocycles. The summed E-state index contributed by atoms with van der Waals surface area (Å²) in [6.07, 6.45) is 0. The number of carbonyl (C=O) groups is 1. The molecule has 1 saturated heterocycles. The molecule has 1 heterocycles. The standard InChI is InChI=1S/C18H29N3O4S/c1-6-25-15-9-7-14(8-10-15)18(22)21-11-16(13(2)3)17(12-21)19-26(23,24)20(4)5/h7-10,13,16-17,19H,6,11-12H2,1-5H3. The molecule has 0 spiro atoms. The van der Waals surface area contributed by atoms with Gasteiger partial charge >= 0.3 is 0 Å². The van der Waals surface area contributed by atoms with Gasteiger partial charge in [0.05, 0.1) is 6.61 Å². The zero-order chi connectivity index (χ0) is 19.5. The normalized spacial score (nSPS) is 20.8. The zero-order valence-corrected chi connectivity index (χ0v) is 16.9. The molecule has 0 radical (unpaired) electrons. The van der Waals surface area contributed by atoms with Gasteiger partial charge in [0.2, 0.25) is 0 Å². The molecule has 2 unspecified atom stereocenters. The fourth-order valence-corrected chi connectivity index (χ4v) is 3.98. The summed E-state index contributed by atoms with van der Waals surface area (Å²) in [7, 11) is -0.564. The van der Waals surface area contributed by atoms with Gasteiger partial charge in [-0.05, 0) is 43.0 Å². The highest BCUT2D eigenvalue weighted by molar-refractivity contribution is 7.87. The van der Waals surface area contributed by atoms with Crippen molar-refractivity contribution in [3.8, 4) is 5.75 Å². The summed E-state index contributed by atoms with van der Waals surface area (Å²) in [5.41, 5.74) is 0.576. The van der Waals surface area contributed by atoms with E-state index in [2.05, 4.69) is 4.72 Å². The Morgan fingerprint density at radius 3 is 2.38 bits per heavy atom. The Morgan fingerprint density at radius 1 is 1.27 bits per heavy atom. The quantitative estimate of drug-likeness (QED) is 0.775. The van der Waals surface area contributed by atoms with E-state index in [0.29, 0.717) is 25.3 Å². The first kappa shape index (κ1) is 20.7. The summed E-state index contributed by atoms with van der Waals surface area (Å²) in [4.78, 5) is 14.6. The van der Waals surface area contributed by atoms with E-state index < -0.39 is 10.2 Å². The third kappa shape index (κ3) is 4.75. The Morgan fingerprint density at radius 2 is 1.88 bits per heavy atom. The molecule has 1 aromatic carbocycles. The Labute approximate surface area is 156 Å². The van der Waals surface area contributed by atoms with Gasteiger partial charge < -0.3 is 9.64 Å². The number of nitrogens with zero attached hydrogens (tertiary/aromatic N) is 2. The van der Waals surface area contributed by atoms with Gasteiger partial charge in [-0.1, -0.05) is 13.8 Å². The van der Waals surface area contributed by atoms with Crippen LogP contribution in [0.4, 0.5) is 0 Å². The number of rotatable bonds is 7. The first-order valence-electron chi connectivity index (χ1n) is 8.87. The minimum atomic E-state index is -3.54. The molecule has 1 amide bonds. The molecule has 1 aliphatic rings. The fourth-order valence-electron chi connectivity index (χ4n) is 3.13. The Balaban J connectivity index is 2.14. The number of benzene rings is 1. The first-order valence-corrected chi connectivity index (χ1v) is 10.3. The average Bonchev–Trinajstić information content (AvgIpc) is 2.98. The molecule has 0 bridgehead atoms. The van der Waals surface area contributed by atoms with E-state index in [1.165, 1.54) is 14.1 Å². The van der Waals surface area contributed by atoms with Crippen molar-refractivity contribution in [3.63, 3.8) is 0 Å². The SMILES string of the molecule is CCOc1ccc(C(=O)N2CC(NS(=O)(=O)N(C)C)C(C(C)C)C2)cc1. The van der Waals surface area contributed by atoms with Gasteiger partial charge in [-0.2, -0.15) is 17.4 Å². The summed E-state index contributed by atoms with van der Waals surface area (Å²) < 4.78 is 33.7. The molecule has 7 nitrogen and oxygen atoms in total. The Kier molecular flexibility index (Phi) is 6.65. The zero-order valence-electron chi connectivity index (χ0n) is 16.1. The van der Waals surface area contributed by atoms with Crippen LogP contribution >= 0.6 is 0 Å². The van der Waals surface area contributed by atoms with Gasteiger partial charge in [0.1, 0.15) is 5.75 Å². The van der Waals surface area contributed by atoms with E-state index in [9.17, 15) is 13.2 Å². The minimum Gasteiger partial charge on any atom is -0.494 e. The van der Waals surface area contributed by atoms with Gasteiger partial charge in [0.15, 0.2) is 0 Å². The van der Waals surface area contributed by atoms with Crippen molar-refractivity contribution in [2.75, 3.05) is 33.8 Å². The van der Waals surface area contributed by atoms with Gasteiger partial charge in [0, 0.05) is 38.8 Å². The molecule has 0 aliphatic carbocycles. The number of amides is 1. The van der Waals surface area contributed by atoms with Crippen molar-refractivity contribution in [3.05, 3.63) is 29.8 Å². The maximum absolute atomic E-state index is 12.8. The summed E-state index contributed by atoms with van der Waals surface area (Å²) in [6.45, 7) is 7.47. The lowest BCUT2D eigenvalue weighted by atomic mass is 9.92. The summed E-state index contributed by atoms with van der Waals surface area (Å²) in [5, 5.41) is 0. The molecule has 8 heteroatoms. The lowest BCUT2D eigenvalue weighted by molar-refractivity contribution is 0.0783. The number of hydrogen-bond donors (Lipinski definition) is 1. The van der Waals surface area contributed by atoms with E-state index >= 15 is 0 Å². The number of hydrogen-bond acceptors (Lipinski definition) is 4. The van der Waals surface area contributed by atoms with Crippen LogP contribution < -0.4 is 9.46 Å². The maximum Gasteiger partial charge on any atom is 0.279 e. The fraction of sp³-hybridized carbons (Fsp3) is 0.611. The topological polar surface area (TPSA) is 79.0 Å². The van der Waals surface area contributed by atoms with E-state index in [4.69, 9.17) is 4.74 Å². The van der Waals surface area contributed by atoms with Gasteiger partial charge in [0.25, 0.3) is 16.1 Å². The minimum absolute atomic E-state index is 0.0661. The van der Waals surface area contributed by atoms with Crippen LogP contribution in [0, 0.1) is 11.8 Å². The highest BCUT2D eigenvalue weighted by Crippen LogP contribution is 2.27. The van der Waals surface area contributed by atoms with Crippen molar-refractivity contribution in [2.24, 2.45) is 11.8 Å². The second-order valence-corrected chi connectivity index (χ2v) is 9.00. The van der Waals surface area contributed by atoms with Gasteiger partial charge in [-0.3, -0.25) is 4.79 Å². The summed E-state index contributed by atoms with van der Waals surface area (Å²) >= 11 is 0. The number of ether oxygens (including phenoxy) is 1. The molecule has 2 atom stereocenters. The summed E-state index contributed by atoms with van der Waals surface area (Å²) in [5.74, 6) is 0.951. The predicted molar refractivity (Wildman–Crippen MR) is 101 cm³/mol. The molecule has 1 fully saturated rings. The van der Waals surface area contributed by atoms with Crippen molar-refractivity contribution in [1.82, 2.24) is 13.9 Å². The third-order valence-electron chi connectivity index (χ3n) is 4.70. The van der Waals surface area contributed by atoms with Crippen LogP contribution in [0.5, 0.6) is 5.75 Å².